The molecular weight excluding hydrogens is 620 g/mol. The zero-order valence-corrected chi connectivity index (χ0v) is 23.2. The summed E-state index contributed by atoms with van der Waals surface area (Å²) in [5.74, 6) is -2.85. The molecule has 10 nitrogen and oxygen atoms in total. The van der Waals surface area contributed by atoms with E-state index in [0.29, 0.717) is 0 Å². The summed E-state index contributed by atoms with van der Waals surface area (Å²) < 4.78 is 34.6. The molecule has 1 heterocycles. The van der Waals surface area contributed by atoms with E-state index >= 15 is 0 Å². The highest BCUT2D eigenvalue weighted by Crippen LogP contribution is 2.30. The van der Waals surface area contributed by atoms with E-state index in [1.54, 1.807) is 36.4 Å². The molecule has 0 aliphatic carbocycles. The second-order valence-corrected chi connectivity index (χ2v) is 9.74. The molecular formula is C25H24Br2O10. The fourth-order valence-electron chi connectivity index (χ4n) is 3.59. The van der Waals surface area contributed by atoms with Crippen molar-refractivity contribution < 1.29 is 47.6 Å². The summed E-state index contributed by atoms with van der Waals surface area (Å²) in [5, 5.41) is 0. The minimum absolute atomic E-state index is 0.202. The number of hydrogen-bond donors (Lipinski definition) is 0. The van der Waals surface area contributed by atoms with Crippen molar-refractivity contribution in [3.05, 3.63) is 68.6 Å². The minimum Gasteiger partial charge on any atom is -0.459 e. The first kappa shape index (κ1) is 28.8. The molecule has 0 saturated carbocycles. The van der Waals surface area contributed by atoms with Gasteiger partial charge in [-0.05, 0) is 48.5 Å². The van der Waals surface area contributed by atoms with Gasteiger partial charge in [-0.2, -0.15) is 0 Å². The third kappa shape index (κ3) is 7.84. The van der Waals surface area contributed by atoms with Gasteiger partial charge in [0.1, 0.15) is 12.7 Å². The highest BCUT2D eigenvalue weighted by atomic mass is 79.9. The fraction of sp³-hybridized carbons (Fsp3) is 0.360. The lowest BCUT2D eigenvalue weighted by Gasteiger charge is -2.43. The van der Waals surface area contributed by atoms with Gasteiger partial charge in [-0.1, -0.05) is 31.9 Å². The SMILES string of the molecule is CO[C@@H]1O[C@H](COC(=O)c2ccc(Br)cc2)[C@@H](OC(=O)c2ccc(Br)cc2)[C@H](OC(C)=O)[C@H]1OC(C)=O. The molecule has 0 unspecified atom stereocenters. The summed E-state index contributed by atoms with van der Waals surface area (Å²) in [6.45, 7) is 1.92. The minimum atomic E-state index is -1.33. The quantitative estimate of drug-likeness (QED) is 0.310. The predicted molar refractivity (Wildman–Crippen MR) is 135 cm³/mol. The van der Waals surface area contributed by atoms with E-state index in [0.717, 1.165) is 22.8 Å². The lowest BCUT2D eigenvalue weighted by molar-refractivity contribution is -0.299. The van der Waals surface area contributed by atoms with Gasteiger partial charge in [-0.25, -0.2) is 9.59 Å². The van der Waals surface area contributed by atoms with Crippen molar-refractivity contribution in [1.82, 2.24) is 0 Å². The average Bonchev–Trinajstić information content (AvgIpc) is 2.85. The molecule has 0 N–H and O–H groups in total. The summed E-state index contributed by atoms with van der Waals surface area (Å²) in [4.78, 5) is 49.4. The smallest absolute Gasteiger partial charge is 0.338 e. The highest BCUT2D eigenvalue weighted by molar-refractivity contribution is 9.10. The van der Waals surface area contributed by atoms with Crippen LogP contribution in [0.4, 0.5) is 0 Å². The Balaban J connectivity index is 1.91. The number of methoxy groups -OCH3 is 1. The maximum Gasteiger partial charge on any atom is 0.338 e. The summed E-state index contributed by atoms with van der Waals surface area (Å²) in [5.41, 5.74) is 0.480. The Labute approximate surface area is 229 Å². The molecule has 2 aromatic rings. The molecule has 5 atom stereocenters. The first-order valence-corrected chi connectivity index (χ1v) is 12.6. The summed E-state index contributed by atoms with van der Waals surface area (Å²) >= 11 is 6.60. The number of carbonyl (C=O) groups excluding carboxylic acids is 4. The van der Waals surface area contributed by atoms with Gasteiger partial charge in [0, 0.05) is 29.9 Å². The van der Waals surface area contributed by atoms with Crippen molar-refractivity contribution in [3.8, 4) is 0 Å². The van der Waals surface area contributed by atoms with Gasteiger partial charge in [0.2, 0.25) is 0 Å². The van der Waals surface area contributed by atoms with Crippen molar-refractivity contribution in [2.75, 3.05) is 13.7 Å². The van der Waals surface area contributed by atoms with Gasteiger partial charge in [0.25, 0.3) is 0 Å². The summed E-state index contributed by atoms with van der Waals surface area (Å²) in [6.07, 6.45) is -6.27. The Kier molecular flexibility index (Phi) is 10.2. The normalized spacial score (nSPS) is 23.0. The number of ether oxygens (including phenoxy) is 6. The monoisotopic (exact) mass is 642 g/mol. The molecule has 198 valence electrons. The predicted octanol–water partition coefficient (Wildman–Crippen LogP) is 3.83. The van der Waals surface area contributed by atoms with E-state index in [1.807, 2.05) is 0 Å². The highest BCUT2D eigenvalue weighted by Gasteiger charge is 2.52. The second kappa shape index (κ2) is 13.1. The molecule has 0 bridgehead atoms. The van der Waals surface area contributed by atoms with Crippen LogP contribution in [-0.2, 0) is 38.0 Å². The number of rotatable bonds is 8. The molecule has 0 radical (unpaired) electrons. The molecule has 0 spiro atoms. The van der Waals surface area contributed by atoms with Crippen molar-refractivity contribution in [2.45, 2.75) is 44.6 Å². The zero-order valence-electron chi connectivity index (χ0n) is 20.1. The lowest BCUT2D eigenvalue weighted by atomic mass is 9.98. The van der Waals surface area contributed by atoms with Crippen LogP contribution in [0.15, 0.2) is 57.5 Å². The number of benzene rings is 2. The van der Waals surface area contributed by atoms with Crippen molar-refractivity contribution >= 4 is 55.7 Å². The van der Waals surface area contributed by atoms with Crippen LogP contribution in [0.25, 0.3) is 0 Å². The standard InChI is InChI=1S/C25H24Br2O10/c1-13(28)34-21-20(37-24(31)16-6-10-18(27)11-7-16)19(36-25(32-3)22(21)35-14(2)29)12-33-23(30)15-4-8-17(26)9-5-15/h4-11,19-22,25H,12H2,1-3H3/t19-,20-,21+,22-,25-/m1/s1. The molecule has 1 aliphatic rings. The fourth-order valence-corrected chi connectivity index (χ4v) is 4.12. The Morgan fingerprint density at radius 2 is 1.22 bits per heavy atom. The van der Waals surface area contributed by atoms with Crippen LogP contribution in [0, 0.1) is 0 Å². The Morgan fingerprint density at radius 3 is 1.70 bits per heavy atom. The molecule has 0 aromatic heterocycles. The van der Waals surface area contributed by atoms with Gasteiger partial charge in [0.05, 0.1) is 11.1 Å². The van der Waals surface area contributed by atoms with E-state index in [9.17, 15) is 19.2 Å². The zero-order chi connectivity index (χ0) is 27.1. The first-order chi connectivity index (χ1) is 17.6. The number of esters is 4. The van der Waals surface area contributed by atoms with Crippen LogP contribution in [0.3, 0.4) is 0 Å². The van der Waals surface area contributed by atoms with Crippen LogP contribution in [0.5, 0.6) is 0 Å². The second-order valence-electron chi connectivity index (χ2n) is 7.91. The van der Waals surface area contributed by atoms with Gasteiger partial charge in [-0.15, -0.1) is 0 Å². The molecule has 1 fully saturated rings. The van der Waals surface area contributed by atoms with E-state index in [2.05, 4.69) is 31.9 Å². The van der Waals surface area contributed by atoms with Crippen LogP contribution < -0.4 is 0 Å². The van der Waals surface area contributed by atoms with Crippen molar-refractivity contribution in [2.24, 2.45) is 0 Å². The van der Waals surface area contributed by atoms with Gasteiger partial charge < -0.3 is 28.4 Å². The maximum absolute atomic E-state index is 13.0. The number of hydrogen-bond acceptors (Lipinski definition) is 10. The molecule has 3 rings (SSSR count). The Hall–Kier alpha value is -2.80. The molecule has 12 heteroatoms. The van der Waals surface area contributed by atoms with Gasteiger partial charge in [0.15, 0.2) is 24.6 Å². The van der Waals surface area contributed by atoms with Crippen molar-refractivity contribution in [3.63, 3.8) is 0 Å². The Bertz CT molecular complexity index is 1120. The summed E-state index contributed by atoms with van der Waals surface area (Å²) in [6, 6.07) is 12.8. The number of carbonyl (C=O) groups is 4. The lowest BCUT2D eigenvalue weighted by Crippen LogP contribution is -2.62. The molecule has 0 amide bonds. The molecule has 1 saturated heterocycles. The van der Waals surface area contributed by atoms with Crippen molar-refractivity contribution in [1.29, 1.82) is 0 Å². The van der Waals surface area contributed by atoms with E-state index in [-0.39, 0.29) is 11.1 Å². The van der Waals surface area contributed by atoms with Crippen LogP contribution in [0.1, 0.15) is 34.6 Å². The molecule has 1 aliphatic heterocycles. The van der Waals surface area contributed by atoms with Crippen LogP contribution in [-0.4, -0.2) is 68.3 Å². The Morgan fingerprint density at radius 1 is 0.730 bits per heavy atom. The molecule has 2 aromatic carbocycles. The summed E-state index contributed by atoms with van der Waals surface area (Å²) in [7, 11) is 1.30. The van der Waals surface area contributed by atoms with Gasteiger partial charge in [-0.3, -0.25) is 9.59 Å². The first-order valence-electron chi connectivity index (χ1n) is 11.0. The maximum atomic E-state index is 13.0. The topological polar surface area (TPSA) is 124 Å². The van der Waals surface area contributed by atoms with Crippen LogP contribution in [0.2, 0.25) is 0 Å². The van der Waals surface area contributed by atoms with E-state index < -0.39 is 61.2 Å². The van der Waals surface area contributed by atoms with Gasteiger partial charge >= 0.3 is 23.9 Å². The van der Waals surface area contributed by atoms with Crippen LogP contribution >= 0.6 is 31.9 Å². The molecule has 37 heavy (non-hydrogen) atoms. The number of halogens is 2. The van der Waals surface area contributed by atoms with E-state index in [4.69, 9.17) is 28.4 Å². The van der Waals surface area contributed by atoms with E-state index in [1.165, 1.54) is 19.2 Å². The average molecular weight is 644 g/mol. The largest absolute Gasteiger partial charge is 0.459 e. The third-order valence-corrected chi connectivity index (χ3v) is 6.27. The third-order valence-electron chi connectivity index (χ3n) is 5.21.